The van der Waals surface area contributed by atoms with E-state index in [4.69, 9.17) is 5.73 Å². The highest BCUT2D eigenvalue weighted by Gasteiger charge is 2.29. The minimum Gasteiger partial charge on any atom is -0.328 e. The molecule has 7 nitrogen and oxygen atoms in total. The monoisotopic (exact) mass is 292 g/mol. The Bertz CT molecular complexity index is 643. The van der Waals surface area contributed by atoms with Crippen molar-refractivity contribution in [3.05, 3.63) is 28.4 Å². The maximum absolute atomic E-state index is 11.7. The Morgan fingerprint density at radius 3 is 2.80 bits per heavy atom. The summed E-state index contributed by atoms with van der Waals surface area (Å²) in [4.78, 5) is 20.2. The van der Waals surface area contributed by atoms with Gasteiger partial charge >= 0.3 is 5.69 Å². The fourth-order valence-corrected chi connectivity index (χ4v) is 2.77. The second kappa shape index (κ2) is 5.37. The molecule has 0 bridgehead atoms. The van der Waals surface area contributed by atoms with Gasteiger partial charge in [0.1, 0.15) is 0 Å². The van der Waals surface area contributed by atoms with Crippen LogP contribution in [0.1, 0.15) is 31.4 Å². The van der Waals surface area contributed by atoms with E-state index in [-0.39, 0.29) is 17.8 Å². The minimum atomic E-state index is -0.163. The molecule has 0 aliphatic heterocycles. The molecule has 0 spiro atoms. The van der Waals surface area contributed by atoms with Crippen LogP contribution in [0.2, 0.25) is 0 Å². The second-order valence-corrected chi connectivity index (χ2v) is 6.00. The van der Waals surface area contributed by atoms with E-state index in [1.165, 1.54) is 11.8 Å². The van der Waals surface area contributed by atoms with Gasteiger partial charge in [-0.2, -0.15) is 0 Å². The van der Waals surface area contributed by atoms with Crippen LogP contribution >= 0.6 is 11.8 Å². The molecular weight excluding hydrogens is 276 g/mol. The highest BCUT2D eigenvalue weighted by molar-refractivity contribution is 7.99. The van der Waals surface area contributed by atoms with Crippen LogP contribution in [-0.2, 0) is 6.42 Å². The highest BCUT2D eigenvalue weighted by atomic mass is 32.2. The van der Waals surface area contributed by atoms with Crippen LogP contribution in [0.15, 0.2) is 27.5 Å². The van der Waals surface area contributed by atoms with Crippen molar-refractivity contribution in [2.75, 3.05) is 0 Å². The van der Waals surface area contributed by atoms with Crippen LogP contribution in [0.3, 0.4) is 0 Å². The normalized spacial score (nSPS) is 16.3. The lowest BCUT2D eigenvalue weighted by atomic mass is 10.1. The molecule has 2 aromatic rings. The zero-order valence-electron chi connectivity index (χ0n) is 11.1. The van der Waals surface area contributed by atoms with Crippen LogP contribution in [0, 0.1) is 0 Å². The molecule has 3 N–H and O–H groups in total. The van der Waals surface area contributed by atoms with Crippen molar-refractivity contribution in [1.29, 1.82) is 0 Å². The number of aromatic nitrogens is 5. The molecule has 0 aromatic carbocycles. The number of nitrogens with one attached hydrogen (secondary N) is 1. The number of nitrogens with two attached hydrogens (primary N) is 1. The topological polar surface area (TPSA) is 102 Å². The first kappa shape index (κ1) is 13.3. The first-order valence-electron chi connectivity index (χ1n) is 6.54. The fraction of sp³-hybridized carbons (Fsp3) is 0.500. The summed E-state index contributed by atoms with van der Waals surface area (Å²) in [6.07, 6.45) is 6.35. The summed E-state index contributed by atoms with van der Waals surface area (Å²) in [6.45, 7) is 1.95. The first-order valence-corrected chi connectivity index (χ1v) is 7.36. The molecule has 1 saturated carbocycles. The quantitative estimate of drug-likeness (QED) is 0.788. The average Bonchev–Trinajstić information content (AvgIpc) is 3.17. The third kappa shape index (κ3) is 2.91. The van der Waals surface area contributed by atoms with Crippen molar-refractivity contribution in [2.24, 2.45) is 5.73 Å². The molecule has 106 valence electrons. The molecule has 0 radical (unpaired) electrons. The average molecular weight is 292 g/mol. The van der Waals surface area contributed by atoms with Gasteiger partial charge in [-0.25, -0.2) is 19.9 Å². The van der Waals surface area contributed by atoms with E-state index in [1.54, 1.807) is 17.0 Å². The summed E-state index contributed by atoms with van der Waals surface area (Å²) in [5, 5.41) is 7.72. The molecule has 1 aliphatic rings. The Morgan fingerprint density at radius 1 is 1.50 bits per heavy atom. The SMILES string of the molecule is CC(N)Cc1cnc(Sc2n[nH]c(=O)n2C2CC2)nc1. The third-order valence-electron chi connectivity index (χ3n) is 3.01. The predicted octanol–water partition coefficient (Wildman–Crippen LogP) is 0.737. The van der Waals surface area contributed by atoms with Crippen molar-refractivity contribution >= 4 is 11.8 Å². The highest BCUT2D eigenvalue weighted by Crippen LogP contribution is 2.36. The lowest BCUT2D eigenvalue weighted by molar-refractivity contribution is 0.641. The Hall–Kier alpha value is -1.67. The summed E-state index contributed by atoms with van der Waals surface area (Å²) >= 11 is 1.30. The maximum Gasteiger partial charge on any atom is 0.344 e. The summed E-state index contributed by atoms with van der Waals surface area (Å²) in [5.74, 6) is 0. The van der Waals surface area contributed by atoms with Gasteiger partial charge in [-0.05, 0) is 43.5 Å². The molecule has 3 rings (SSSR count). The van der Waals surface area contributed by atoms with Crippen LogP contribution < -0.4 is 11.4 Å². The molecule has 1 aliphatic carbocycles. The minimum absolute atomic E-state index is 0.0866. The molecule has 1 atom stereocenters. The molecule has 0 saturated heterocycles. The molecule has 2 aromatic heterocycles. The zero-order valence-corrected chi connectivity index (χ0v) is 11.9. The molecule has 1 fully saturated rings. The van der Waals surface area contributed by atoms with Gasteiger partial charge in [0.25, 0.3) is 0 Å². The van der Waals surface area contributed by atoms with E-state index in [1.807, 2.05) is 6.92 Å². The van der Waals surface area contributed by atoms with E-state index < -0.39 is 0 Å². The van der Waals surface area contributed by atoms with Gasteiger partial charge in [0.2, 0.25) is 0 Å². The number of aromatic amines is 1. The van der Waals surface area contributed by atoms with E-state index in [9.17, 15) is 4.79 Å². The number of hydrogen-bond acceptors (Lipinski definition) is 6. The first-order chi connectivity index (χ1) is 9.63. The Kier molecular flexibility index (Phi) is 3.58. The molecule has 2 heterocycles. The number of hydrogen-bond donors (Lipinski definition) is 2. The van der Waals surface area contributed by atoms with Gasteiger partial charge in [-0.15, -0.1) is 5.10 Å². The van der Waals surface area contributed by atoms with Crippen LogP contribution in [-0.4, -0.2) is 30.8 Å². The van der Waals surface area contributed by atoms with Gasteiger partial charge in [0.15, 0.2) is 10.3 Å². The van der Waals surface area contributed by atoms with Crippen LogP contribution in [0.4, 0.5) is 0 Å². The Balaban J connectivity index is 1.76. The van der Waals surface area contributed by atoms with Crippen molar-refractivity contribution in [3.63, 3.8) is 0 Å². The van der Waals surface area contributed by atoms with Gasteiger partial charge in [-0.1, -0.05) is 0 Å². The second-order valence-electron chi connectivity index (χ2n) is 5.07. The van der Waals surface area contributed by atoms with Gasteiger partial charge < -0.3 is 5.73 Å². The Labute approximate surface area is 120 Å². The number of nitrogens with zero attached hydrogens (tertiary/aromatic N) is 4. The zero-order chi connectivity index (χ0) is 14.1. The third-order valence-corrected chi connectivity index (χ3v) is 3.87. The van der Waals surface area contributed by atoms with Crippen molar-refractivity contribution in [2.45, 2.75) is 48.6 Å². The largest absolute Gasteiger partial charge is 0.344 e. The number of rotatable bonds is 5. The van der Waals surface area contributed by atoms with Gasteiger partial charge in [-0.3, -0.25) is 4.57 Å². The van der Waals surface area contributed by atoms with Gasteiger partial charge in [0, 0.05) is 24.5 Å². The summed E-state index contributed by atoms with van der Waals surface area (Å²) in [5.41, 5.74) is 6.58. The van der Waals surface area contributed by atoms with Crippen molar-refractivity contribution in [3.8, 4) is 0 Å². The molecule has 1 unspecified atom stereocenters. The molecular formula is C12H16N6OS. The summed E-state index contributed by atoms with van der Waals surface area (Å²) < 4.78 is 1.68. The van der Waals surface area contributed by atoms with E-state index in [0.29, 0.717) is 10.3 Å². The van der Waals surface area contributed by atoms with Crippen molar-refractivity contribution < 1.29 is 0 Å². The smallest absolute Gasteiger partial charge is 0.328 e. The fourth-order valence-electron chi connectivity index (χ4n) is 1.97. The van der Waals surface area contributed by atoms with E-state index in [2.05, 4.69) is 20.2 Å². The number of H-pyrrole nitrogens is 1. The van der Waals surface area contributed by atoms with E-state index in [0.717, 1.165) is 24.8 Å². The van der Waals surface area contributed by atoms with Gasteiger partial charge in [0.05, 0.1) is 0 Å². The maximum atomic E-state index is 11.7. The lowest BCUT2D eigenvalue weighted by Crippen LogP contribution is -2.18. The summed E-state index contributed by atoms with van der Waals surface area (Å²) in [6, 6.07) is 0.365. The standard InChI is InChI=1S/C12H16N6OS/c1-7(13)4-8-5-14-10(15-6-8)20-12-17-16-11(19)18(12)9-2-3-9/h5-7,9H,2-4,13H2,1H3,(H,16,19). The summed E-state index contributed by atoms with van der Waals surface area (Å²) in [7, 11) is 0. The molecule has 0 amide bonds. The van der Waals surface area contributed by atoms with E-state index >= 15 is 0 Å². The molecule has 8 heteroatoms. The predicted molar refractivity (Wildman–Crippen MR) is 74.6 cm³/mol. The van der Waals surface area contributed by atoms with Crippen molar-refractivity contribution in [1.82, 2.24) is 24.7 Å². The van der Waals surface area contributed by atoms with Crippen LogP contribution in [0.25, 0.3) is 0 Å². The molecule has 20 heavy (non-hydrogen) atoms. The Morgan fingerprint density at radius 2 is 2.20 bits per heavy atom. The lowest BCUT2D eigenvalue weighted by Gasteiger charge is -2.05. The van der Waals surface area contributed by atoms with Crippen LogP contribution in [0.5, 0.6) is 0 Å².